The maximum absolute atomic E-state index is 12.9. The van der Waals surface area contributed by atoms with Crippen molar-refractivity contribution in [2.75, 3.05) is 18.4 Å². The third-order valence-electron chi connectivity index (χ3n) is 3.94. The fraction of sp³-hybridized carbons (Fsp3) is 0.294. The van der Waals surface area contributed by atoms with E-state index in [1.54, 1.807) is 11.0 Å². The van der Waals surface area contributed by atoms with Crippen LogP contribution in [0.4, 0.5) is 24.5 Å². The maximum atomic E-state index is 12.9. The number of likely N-dealkylation sites (tertiary alicyclic amines) is 1. The number of hydrogen-bond donors (Lipinski definition) is 1. The number of halogens is 4. The zero-order valence-corrected chi connectivity index (χ0v) is 13.9. The third kappa shape index (κ3) is 4.04. The first kappa shape index (κ1) is 17.5. The van der Waals surface area contributed by atoms with E-state index in [1.807, 2.05) is 0 Å². The van der Waals surface area contributed by atoms with Gasteiger partial charge in [0.25, 0.3) is 5.91 Å². The first-order valence-corrected chi connectivity index (χ1v) is 8.10. The van der Waals surface area contributed by atoms with Gasteiger partial charge in [-0.2, -0.15) is 13.2 Å². The quantitative estimate of drug-likeness (QED) is 0.850. The highest BCUT2D eigenvalue weighted by atomic mass is 35.5. The highest BCUT2D eigenvalue weighted by molar-refractivity contribution is 6.31. The summed E-state index contributed by atoms with van der Waals surface area (Å²) in [5.74, 6) is -0.124. The molecular weight excluding hydrogens is 355 g/mol. The zero-order chi connectivity index (χ0) is 18.0. The minimum atomic E-state index is -4.54. The summed E-state index contributed by atoms with van der Waals surface area (Å²) in [6.45, 7) is 1.42. The molecule has 25 heavy (non-hydrogen) atoms. The second-order valence-corrected chi connectivity index (χ2v) is 6.19. The second-order valence-electron chi connectivity index (χ2n) is 5.78. The fourth-order valence-corrected chi connectivity index (χ4v) is 2.94. The number of alkyl halides is 3. The van der Waals surface area contributed by atoms with Crippen molar-refractivity contribution in [1.29, 1.82) is 0 Å². The highest BCUT2D eigenvalue weighted by Crippen LogP contribution is 2.36. The zero-order valence-electron chi connectivity index (χ0n) is 13.1. The number of carbonyl (C=O) groups excluding carboxylic acids is 1. The lowest BCUT2D eigenvalue weighted by Gasteiger charge is -2.16. The summed E-state index contributed by atoms with van der Waals surface area (Å²) in [7, 11) is 0. The van der Waals surface area contributed by atoms with Crippen LogP contribution in [0.25, 0.3) is 0 Å². The van der Waals surface area contributed by atoms with Crippen LogP contribution in [-0.2, 0) is 6.18 Å². The number of amides is 1. The number of benzene rings is 1. The minimum Gasteiger partial charge on any atom is -0.354 e. The molecule has 8 heteroatoms. The van der Waals surface area contributed by atoms with Crippen LogP contribution in [0.15, 0.2) is 36.7 Å². The Bertz CT molecular complexity index is 789. The van der Waals surface area contributed by atoms with Gasteiger partial charge in [0.05, 0.1) is 28.0 Å². The molecule has 2 aromatic rings. The molecule has 0 unspecified atom stereocenters. The second kappa shape index (κ2) is 6.92. The van der Waals surface area contributed by atoms with Crippen LogP contribution in [0, 0.1) is 0 Å². The summed E-state index contributed by atoms with van der Waals surface area (Å²) in [5, 5.41) is 2.47. The smallest absolute Gasteiger partial charge is 0.354 e. The predicted molar refractivity (Wildman–Crippen MR) is 89.1 cm³/mol. The normalized spacial score (nSPS) is 14.6. The molecule has 1 aliphatic heterocycles. The highest BCUT2D eigenvalue weighted by Gasteiger charge is 2.33. The standard InChI is InChI=1S/C17H15ClF3N3O/c18-15-4-3-12(8-14(15)17(19,20)21)23-13-7-11(9-22-10-13)16(25)24-5-1-2-6-24/h3-4,7-10,23H,1-2,5-6H2. The van der Waals surface area contributed by atoms with Gasteiger partial charge in [-0.15, -0.1) is 0 Å². The molecule has 1 N–H and O–H groups in total. The van der Waals surface area contributed by atoms with Crippen molar-refractivity contribution in [3.63, 3.8) is 0 Å². The van der Waals surface area contributed by atoms with Gasteiger partial charge in [0.1, 0.15) is 0 Å². The molecule has 0 spiro atoms. The summed E-state index contributed by atoms with van der Waals surface area (Å²) in [6, 6.07) is 5.12. The lowest BCUT2D eigenvalue weighted by atomic mass is 10.2. The lowest BCUT2D eigenvalue weighted by Crippen LogP contribution is -2.27. The van der Waals surface area contributed by atoms with Crippen LogP contribution >= 0.6 is 11.6 Å². The number of rotatable bonds is 3. The Morgan fingerprint density at radius 2 is 1.84 bits per heavy atom. The number of anilines is 2. The van der Waals surface area contributed by atoms with E-state index < -0.39 is 11.7 Å². The van der Waals surface area contributed by atoms with Crippen molar-refractivity contribution >= 4 is 28.9 Å². The van der Waals surface area contributed by atoms with Gasteiger partial charge >= 0.3 is 6.18 Å². The molecule has 132 valence electrons. The van der Waals surface area contributed by atoms with Gasteiger partial charge < -0.3 is 10.2 Å². The molecule has 1 saturated heterocycles. The molecule has 0 bridgehead atoms. The lowest BCUT2D eigenvalue weighted by molar-refractivity contribution is -0.137. The van der Waals surface area contributed by atoms with Crippen molar-refractivity contribution in [3.05, 3.63) is 52.8 Å². The van der Waals surface area contributed by atoms with Crippen LogP contribution in [0.1, 0.15) is 28.8 Å². The summed E-state index contributed by atoms with van der Waals surface area (Å²) < 4.78 is 38.8. The molecule has 0 aliphatic carbocycles. The maximum Gasteiger partial charge on any atom is 0.417 e. The number of nitrogens with one attached hydrogen (secondary N) is 1. The molecular formula is C17H15ClF3N3O. The van der Waals surface area contributed by atoms with Crippen molar-refractivity contribution in [2.45, 2.75) is 19.0 Å². The summed E-state index contributed by atoms with van der Waals surface area (Å²) in [4.78, 5) is 18.1. The van der Waals surface area contributed by atoms with Gasteiger partial charge in [0.15, 0.2) is 0 Å². The molecule has 1 fully saturated rings. The Kier molecular flexibility index (Phi) is 4.85. The van der Waals surface area contributed by atoms with Gasteiger partial charge in [-0.25, -0.2) is 0 Å². The molecule has 3 rings (SSSR count). The van der Waals surface area contributed by atoms with Crippen LogP contribution in [0.2, 0.25) is 5.02 Å². The molecule has 1 aromatic carbocycles. The Morgan fingerprint density at radius 1 is 1.12 bits per heavy atom. The Morgan fingerprint density at radius 3 is 2.52 bits per heavy atom. The monoisotopic (exact) mass is 369 g/mol. The predicted octanol–water partition coefficient (Wildman–Crippen LogP) is 4.73. The van der Waals surface area contributed by atoms with Gasteiger partial charge in [-0.1, -0.05) is 11.6 Å². The average molecular weight is 370 g/mol. The Balaban J connectivity index is 1.82. The third-order valence-corrected chi connectivity index (χ3v) is 4.27. The van der Waals surface area contributed by atoms with Crippen molar-refractivity contribution in [3.8, 4) is 0 Å². The van der Waals surface area contributed by atoms with E-state index in [2.05, 4.69) is 10.3 Å². The van der Waals surface area contributed by atoms with Gasteiger partial charge in [0, 0.05) is 25.0 Å². The molecule has 1 aromatic heterocycles. The number of pyridine rings is 1. The molecule has 0 radical (unpaired) electrons. The SMILES string of the molecule is O=C(c1cncc(Nc2ccc(Cl)c(C(F)(F)F)c2)c1)N1CCCC1. The van der Waals surface area contributed by atoms with Gasteiger partial charge in [0.2, 0.25) is 0 Å². The van der Waals surface area contributed by atoms with E-state index in [4.69, 9.17) is 11.6 Å². The van der Waals surface area contributed by atoms with Gasteiger partial charge in [-0.3, -0.25) is 9.78 Å². The van der Waals surface area contributed by atoms with E-state index in [0.29, 0.717) is 24.3 Å². The number of nitrogens with zero attached hydrogens (tertiary/aromatic N) is 2. The molecule has 4 nitrogen and oxygen atoms in total. The van der Waals surface area contributed by atoms with Crippen molar-refractivity contribution < 1.29 is 18.0 Å². The van der Waals surface area contributed by atoms with E-state index in [-0.39, 0.29) is 16.6 Å². The first-order valence-electron chi connectivity index (χ1n) is 7.73. The fourth-order valence-electron chi connectivity index (χ4n) is 2.71. The van der Waals surface area contributed by atoms with E-state index >= 15 is 0 Å². The van der Waals surface area contributed by atoms with Crippen LogP contribution in [0.3, 0.4) is 0 Å². The van der Waals surface area contributed by atoms with Crippen LogP contribution in [-0.4, -0.2) is 28.9 Å². The summed E-state index contributed by atoms with van der Waals surface area (Å²) >= 11 is 5.61. The first-order chi connectivity index (χ1) is 11.8. The minimum absolute atomic E-state index is 0.124. The summed E-state index contributed by atoms with van der Waals surface area (Å²) in [5.41, 5.74) is 0.123. The molecule has 0 atom stereocenters. The van der Waals surface area contributed by atoms with E-state index in [0.717, 1.165) is 18.9 Å². The average Bonchev–Trinajstić information content (AvgIpc) is 3.10. The topological polar surface area (TPSA) is 45.2 Å². The summed E-state index contributed by atoms with van der Waals surface area (Å²) in [6.07, 6.45) is 0.308. The molecule has 1 aliphatic rings. The van der Waals surface area contributed by atoms with Crippen molar-refractivity contribution in [1.82, 2.24) is 9.88 Å². The van der Waals surface area contributed by atoms with E-state index in [1.165, 1.54) is 24.5 Å². The van der Waals surface area contributed by atoms with E-state index in [9.17, 15) is 18.0 Å². The van der Waals surface area contributed by atoms with Crippen LogP contribution in [0.5, 0.6) is 0 Å². The Hall–Kier alpha value is -2.28. The molecule has 1 amide bonds. The van der Waals surface area contributed by atoms with Crippen LogP contribution < -0.4 is 5.32 Å². The van der Waals surface area contributed by atoms with Crippen molar-refractivity contribution in [2.24, 2.45) is 0 Å². The number of hydrogen-bond acceptors (Lipinski definition) is 3. The Labute approximate surface area is 147 Å². The molecule has 0 saturated carbocycles. The molecule has 2 heterocycles. The van der Waals surface area contributed by atoms with Gasteiger partial charge in [-0.05, 0) is 37.1 Å². The largest absolute Gasteiger partial charge is 0.417 e. The number of aromatic nitrogens is 1. The number of carbonyl (C=O) groups is 1.